The topological polar surface area (TPSA) is 138 Å². The van der Waals surface area contributed by atoms with Crippen molar-refractivity contribution in [3.63, 3.8) is 0 Å². The van der Waals surface area contributed by atoms with Gasteiger partial charge in [-0.15, -0.1) is 0 Å². The van der Waals surface area contributed by atoms with Gasteiger partial charge in [0.2, 0.25) is 5.95 Å². The van der Waals surface area contributed by atoms with Crippen LogP contribution >= 0.6 is 23.2 Å². The maximum Gasteiger partial charge on any atom is 0.267 e. The molecule has 3 heterocycles. The van der Waals surface area contributed by atoms with Crippen molar-refractivity contribution in [2.45, 2.75) is 13.0 Å². The van der Waals surface area contributed by atoms with Gasteiger partial charge in [0.05, 0.1) is 28.3 Å². The molecule has 0 saturated heterocycles. The Morgan fingerprint density at radius 1 is 1.16 bits per heavy atom. The number of benzene rings is 1. The average Bonchev–Trinajstić information content (AvgIpc) is 2.74. The van der Waals surface area contributed by atoms with E-state index in [0.717, 1.165) is 6.07 Å². The highest BCUT2D eigenvalue weighted by molar-refractivity contribution is 6.35. The quantitative estimate of drug-likeness (QED) is 0.421. The maximum atomic E-state index is 14.5. The number of hydrogen-bond donors (Lipinski definition) is 3. The molecule has 12 heteroatoms. The zero-order chi connectivity index (χ0) is 22.3. The SMILES string of the molecule is C[C@H](Nc1nc(N)nc(N)c1Cl)c1nc2c(F)ccc(Cl)c2c(=O)n1-c1cccnc1. The van der Waals surface area contributed by atoms with E-state index in [-0.39, 0.29) is 44.4 Å². The standard InChI is InChI=1S/C19H15Cl2FN8O/c1-8(26-16-13(21)15(23)28-19(24)29-16)17-27-14-11(22)5-4-10(20)12(14)18(31)30(17)9-3-2-6-25-7-9/h2-8H,1H3,(H5,23,24,26,28,29)/t8-/m0/s1. The number of fused-ring (bicyclic) bond motifs is 1. The molecule has 0 unspecified atom stereocenters. The maximum absolute atomic E-state index is 14.5. The van der Waals surface area contributed by atoms with Crippen LogP contribution in [-0.4, -0.2) is 24.5 Å². The number of nitrogens with two attached hydrogens (primary N) is 2. The van der Waals surface area contributed by atoms with Gasteiger partial charge < -0.3 is 16.8 Å². The Hall–Kier alpha value is -3.50. The summed E-state index contributed by atoms with van der Waals surface area (Å²) in [6.45, 7) is 1.69. The van der Waals surface area contributed by atoms with Crippen LogP contribution in [0.1, 0.15) is 18.8 Å². The third kappa shape index (κ3) is 3.71. The second-order valence-electron chi connectivity index (χ2n) is 6.57. The van der Waals surface area contributed by atoms with E-state index in [1.807, 2.05) is 0 Å². The number of anilines is 3. The molecule has 0 radical (unpaired) electrons. The fourth-order valence-corrected chi connectivity index (χ4v) is 3.48. The Balaban J connectivity index is 1.96. The first-order chi connectivity index (χ1) is 14.8. The minimum Gasteiger partial charge on any atom is -0.382 e. The number of rotatable bonds is 4. The predicted octanol–water partition coefficient (Wildman–Crippen LogP) is 3.35. The third-order valence-corrected chi connectivity index (χ3v) is 5.18. The van der Waals surface area contributed by atoms with E-state index >= 15 is 0 Å². The summed E-state index contributed by atoms with van der Waals surface area (Å²) >= 11 is 12.4. The van der Waals surface area contributed by atoms with Crippen LogP contribution in [0.25, 0.3) is 16.6 Å². The molecule has 4 rings (SSSR count). The summed E-state index contributed by atoms with van der Waals surface area (Å²) < 4.78 is 15.8. The van der Waals surface area contributed by atoms with Crippen molar-refractivity contribution in [3.05, 3.63) is 68.7 Å². The number of halogens is 3. The van der Waals surface area contributed by atoms with Gasteiger partial charge in [0.1, 0.15) is 28.0 Å². The van der Waals surface area contributed by atoms with E-state index in [1.165, 1.54) is 16.8 Å². The molecule has 0 spiro atoms. The van der Waals surface area contributed by atoms with Crippen molar-refractivity contribution in [2.75, 3.05) is 16.8 Å². The zero-order valence-electron chi connectivity index (χ0n) is 16.0. The highest BCUT2D eigenvalue weighted by atomic mass is 35.5. The summed E-state index contributed by atoms with van der Waals surface area (Å²) in [5, 5.41) is 3.09. The molecule has 0 bridgehead atoms. The number of nitrogens with zero attached hydrogens (tertiary/aromatic N) is 5. The predicted molar refractivity (Wildman–Crippen MR) is 118 cm³/mol. The molecular weight excluding hydrogens is 446 g/mol. The smallest absolute Gasteiger partial charge is 0.267 e. The number of nitrogen functional groups attached to an aromatic ring is 2. The summed E-state index contributed by atoms with van der Waals surface area (Å²) in [6, 6.07) is 5.09. The third-order valence-electron chi connectivity index (χ3n) is 4.49. The van der Waals surface area contributed by atoms with Crippen molar-refractivity contribution in [2.24, 2.45) is 0 Å². The molecule has 4 aromatic rings. The largest absolute Gasteiger partial charge is 0.382 e. The molecule has 1 atom stereocenters. The lowest BCUT2D eigenvalue weighted by atomic mass is 10.2. The zero-order valence-corrected chi connectivity index (χ0v) is 17.5. The molecule has 0 aliphatic heterocycles. The van der Waals surface area contributed by atoms with Gasteiger partial charge >= 0.3 is 0 Å². The molecule has 0 aliphatic rings. The van der Waals surface area contributed by atoms with E-state index < -0.39 is 17.4 Å². The van der Waals surface area contributed by atoms with E-state index in [0.29, 0.717) is 5.69 Å². The highest BCUT2D eigenvalue weighted by Gasteiger charge is 2.22. The van der Waals surface area contributed by atoms with Crippen LogP contribution in [0.2, 0.25) is 10.0 Å². The van der Waals surface area contributed by atoms with Gasteiger partial charge in [0.15, 0.2) is 5.82 Å². The fourth-order valence-electron chi connectivity index (χ4n) is 3.11. The Labute approximate surface area is 184 Å². The second-order valence-corrected chi connectivity index (χ2v) is 7.36. The van der Waals surface area contributed by atoms with Gasteiger partial charge in [-0.25, -0.2) is 9.37 Å². The number of nitrogens with one attached hydrogen (secondary N) is 1. The van der Waals surface area contributed by atoms with Crippen molar-refractivity contribution < 1.29 is 4.39 Å². The van der Waals surface area contributed by atoms with Crippen LogP contribution in [0.4, 0.5) is 22.0 Å². The summed E-state index contributed by atoms with van der Waals surface area (Å²) in [4.78, 5) is 29.7. The number of aromatic nitrogens is 5. The summed E-state index contributed by atoms with van der Waals surface area (Å²) in [7, 11) is 0. The first-order valence-corrected chi connectivity index (χ1v) is 9.69. The van der Waals surface area contributed by atoms with Crippen molar-refractivity contribution >= 4 is 51.7 Å². The van der Waals surface area contributed by atoms with E-state index in [2.05, 4.69) is 25.3 Å². The molecular formula is C19H15Cl2FN8O. The Morgan fingerprint density at radius 2 is 1.94 bits per heavy atom. The van der Waals surface area contributed by atoms with Crippen LogP contribution in [0.5, 0.6) is 0 Å². The fraction of sp³-hybridized carbons (Fsp3) is 0.105. The van der Waals surface area contributed by atoms with Gasteiger partial charge in [-0.2, -0.15) is 9.97 Å². The van der Waals surface area contributed by atoms with Crippen molar-refractivity contribution in [1.82, 2.24) is 24.5 Å². The van der Waals surface area contributed by atoms with Gasteiger partial charge in [-0.1, -0.05) is 23.2 Å². The van der Waals surface area contributed by atoms with E-state index in [9.17, 15) is 9.18 Å². The monoisotopic (exact) mass is 460 g/mol. The number of hydrogen-bond acceptors (Lipinski definition) is 8. The molecule has 9 nitrogen and oxygen atoms in total. The molecule has 0 fully saturated rings. The Morgan fingerprint density at radius 3 is 2.65 bits per heavy atom. The lowest BCUT2D eigenvalue weighted by molar-refractivity contribution is 0.632. The molecule has 5 N–H and O–H groups in total. The van der Waals surface area contributed by atoms with Crippen molar-refractivity contribution in [3.8, 4) is 5.69 Å². The summed E-state index contributed by atoms with van der Waals surface area (Å²) in [5.74, 6) is -0.489. The molecule has 0 amide bonds. The van der Waals surface area contributed by atoms with E-state index in [4.69, 9.17) is 34.7 Å². The average molecular weight is 461 g/mol. The molecule has 1 aromatic carbocycles. The van der Waals surface area contributed by atoms with Gasteiger partial charge in [0, 0.05) is 6.20 Å². The van der Waals surface area contributed by atoms with Crippen LogP contribution in [0.15, 0.2) is 41.5 Å². The highest BCUT2D eigenvalue weighted by Crippen LogP contribution is 2.30. The lowest BCUT2D eigenvalue weighted by Gasteiger charge is -2.21. The van der Waals surface area contributed by atoms with Crippen LogP contribution < -0.4 is 22.3 Å². The van der Waals surface area contributed by atoms with Gasteiger partial charge in [0.25, 0.3) is 5.56 Å². The van der Waals surface area contributed by atoms with Gasteiger partial charge in [-0.3, -0.25) is 14.3 Å². The Bertz CT molecular complexity index is 1360. The normalized spacial score (nSPS) is 12.1. The second kappa shape index (κ2) is 7.97. The molecule has 0 saturated carbocycles. The van der Waals surface area contributed by atoms with Crippen LogP contribution in [0, 0.1) is 5.82 Å². The molecule has 3 aromatic heterocycles. The first-order valence-electron chi connectivity index (χ1n) is 8.94. The minimum absolute atomic E-state index is 0.0159. The molecule has 0 aliphatic carbocycles. The molecule has 158 valence electrons. The summed E-state index contributed by atoms with van der Waals surface area (Å²) in [6.07, 6.45) is 3.04. The number of pyridine rings is 1. The first kappa shape index (κ1) is 20.8. The molecule has 31 heavy (non-hydrogen) atoms. The van der Waals surface area contributed by atoms with Crippen molar-refractivity contribution in [1.29, 1.82) is 0 Å². The summed E-state index contributed by atoms with van der Waals surface area (Å²) in [5.41, 5.74) is 11.1. The van der Waals surface area contributed by atoms with E-state index in [1.54, 1.807) is 25.3 Å². The van der Waals surface area contributed by atoms with Crippen LogP contribution in [-0.2, 0) is 0 Å². The van der Waals surface area contributed by atoms with Crippen LogP contribution in [0.3, 0.4) is 0 Å². The van der Waals surface area contributed by atoms with Gasteiger partial charge in [-0.05, 0) is 31.2 Å². The Kier molecular flexibility index (Phi) is 5.34. The minimum atomic E-state index is -0.693. The lowest BCUT2D eigenvalue weighted by Crippen LogP contribution is -2.28.